The van der Waals surface area contributed by atoms with Gasteiger partial charge in [0.2, 0.25) is 0 Å². The van der Waals surface area contributed by atoms with E-state index in [1.165, 1.54) is 43.5 Å². The number of hydrogen-bond acceptors (Lipinski definition) is 2. The number of likely N-dealkylation sites (tertiary alicyclic amines) is 1. The average Bonchev–Trinajstić information content (AvgIpc) is 2.29. The topological polar surface area (TPSA) is 29.3 Å². The first kappa shape index (κ1) is 11.5. The summed E-state index contributed by atoms with van der Waals surface area (Å²) in [6.45, 7) is 5.79. The van der Waals surface area contributed by atoms with Crippen LogP contribution in [0.3, 0.4) is 0 Å². The molecule has 0 aliphatic carbocycles. The van der Waals surface area contributed by atoms with E-state index in [4.69, 9.17) is 5.73 Å². The SMILES string of the molecule is Cc1ccc(CCN2CCCCC2)c(N)c1. The van der Waals surface area contributed by atoms with Gasteiger partial charge < -0.3 is 10.6 Å². The summed E-state index contributed by atoms with van der Waals surface area (Å²) in [5.74, 6) is 0. The summed E-state index contributed by atoms with van der Waals surface area (Å²) in [4.78, 5) is 2.56. The van der Waals surface area contributed by atoms with E-state index in [0.29, 0.717) is 0 Å². The first-order valence-electron chi connectivity index (χ1n) is 6.33. The van der Waals surface area contributed by atoms with Gasteiger partial charge >= 0.3 is 0 Å². The van der Waals surface area contributed by atoms with E-state index in [2.05, 4.69) is 30.0 Å². The third-order valence-corrected chi connectivity index (χ3v) is 3.45. The lowest BCUT2D eigenvalue weighted by atomic mass is 10.1. The Morgan fingerprint density at radius 2 is 1.94 bits per heavy atom. The highest BCUT2D eigenvalue weighted by molar-refractivity contribution is 5.49. The molecule has 1 fully saturated rings. The van der Waals surface area contributed by atoms with Crippen molar-refractivity contribution in [1.82, 2.24) is 4.90 Å². The number of nitrogen functional groups attached to an aromatic ring is 1. The Labute approximate surface area is 98.4 Å². The highest BCUT2D eigenvalue weighted by Gasteiger charge is 2.10. The van der Waals surface area contributed by atoms with E-state index in [0.717, 1.165) is 18.7 Å². The van der Waals surface area contributed by atoms with Crippen LogP contribution in [0.25, 0.3) is 0 Å². The molecule has 1 aromatic carbocycles. The van der Waals surface area contributed by atoms with Crippen molar-refractivity contribution in [3.8, 4) is 0 Å². The summed E-state index contributed by atoms with van der Waals surface area (Å²) in [6, 6.07) is 6.40. The van der Waals surface area contributed by atoms with Gasteiger partial charge in [-0.1, -0.05) is 18.6 Å². The fourth-order valence-electron chi connectivity index (χ4n) is 2.40. The molecule has 16 heavy (non-hydrogen) atoms. The molecule has 1 aromatic rings. The molecule has 2 heteroatoms. The van der Waals surface area contributed by atoms with Crippen molar-refractivity contribution in [2.75, 3.05) is 25.4 Å². The maximum atomic E-state index is 6.02. The number of nitrogens with zero attached hydrogens (tertiary/aromatic N) is 1. The molecule has 0 bridgehead atoms. The lowest BCUT2D eigenvalue weighted by Crippen LogP contribution is -2.31. The second kappa shape index (κ2) is 5.35. The molecule has 2 rings (SSSR count). The van der Waals surface area contributed by atoms with Crippen molar-refractivity contribution in [3.63, 3.8) is 0 Å². The molecule has 1 saturated heterocycles. The van der Waals surface area contributed by atoms with Crippen molar-refractivity contribution < 1.29 is 0 Å². The van der Waals surface area contributed by atoms with Gasteiger partial charge in [0.05, 0.1) is 0 Å². The number of piperidine rings is 1. The number of anilines is 1. The van der Waals surface area contributed by atoms with E-state index in [9.17, 15) is 0 Å². The molecule has 2 nitrogen and oxygen atoms in total. The molecule has 0 unspecified atom stereocenters. The summed E-state index contributed by atoms with van der Waals surface area (Å²) < 4.78 is 0. The number of hydrogen-bond donors (Lipinski definition) is 1. The smallest absolute Gasteiger partial charge is 0.0349 e. The zero-order valence-corrected chi connectivity index (χ0v) is 10.2. The lowest BCUT2D eigenvalue weighted by Gasteiger charge is -2.26. The van der Waals surface area contributed by atoms with Gasteiger partial charge in [-0.25, -0.2) is 0 Å². The first-order chi connectivity index (χ1) is 7.75. The van der Waals surface area contributed by atoms with Crippen LogP contribution in [-0.4, -0.2) is 24.5 Å². The van der Waals surface area contributed by atoms with Gasteiger partial charge in [-0.15, -0.1) is 0 Å². The van der Waals surface area contributed by atoms with Gasteiger partial charge in [0, 0.05) is 12.2 Å². The van der Waals surface area contributed by atoms with Crippen LogP contribution in [0.1, 0.15) is 30.4 Å². The third-order valence-electron chi connectivity index (χ3n) is 3.45. The molecule has 88 valence electrons. The highest BCUT2D eigenvalue weighted by Crippen LogP contribution is 2.16. The van der Waals surface area contributed by atoms with Crippen LogP contribution in [0.15, 0.2) is 18.2 Å². The zero-order valence-electron chi connectivity index (χ0n) is 10.2. The monoisotopic (exact) mass is 218 g/mol. The molecule has 0 radical (unpaired) electrons. The average molecular weight is 218 g/mol. The van der Waals surface area contributed by atoms with Crippen LogP contribution < -0.4 is 5.73 Å². The minimum Gasteiger partial charge on any atom is -0.398 e. The Morgan fingerprint density at radius 1 is 1.19 bits per heavy atom. The van der Waals surface area contributed by atoms with Crippen molar-refractivity contribution in [2.24, 2.45) is 0 Å². The second-order valence-corrected chi connectivity index (χ2v) is 4.85. The summed E-state index contributed by atoms with van der Waals surface area (Å²) in [5, 5.41) is 0. The normalized spacial score (nSPS) is 17.6. The fraction of sp³-hybridized carbons (Fsp3) is 0.571. The van der Waals surface area contributed by atoms with E-state index < -0.39 is 0 Å². The molecule has 1 heterocycles. The molecular formula is C14H22N2. The molecule has 1 aliphatic heterocycles. The van der Waals surface area contributed by atoms with Crippen LogP contribution >= 0.6 is 0 Å². The quantitative estimate of drug-likeness (QED) is 0.790. The minimum absolute atomic E-state index is 0.956. The zero-order chi connectivity index (χ0) is 11.4. The lowest BCUT2D eigenvalue weighted by molar-refractivity contribution is 0.231. The van der Waals surface area contributed by atoms with Gasteiger partial charge in [0.1, 0.15) is 0 Å². The van der Waals surface area contributed by atoms with E-state index in [-0.39, 0.29) is 0 Å². The predicted octanol–water partition coefficient (Wildman–Crippen LogP) is 2.61. The highest BCUT2D eigenvalue weighted by atomic mass is 15.1. The molecule has 1 aliphatic rings. The summed E-state index contributed by atoms with van der Waals surface area (Å²) in [5.41, 5.74) is 9.53. The Hall–Kier alpha value is -1.02. The van der Waals surface area contributed by atoms with Crippen molar-refractivity contribution >= 4 is 5.69 Å². The van der Waals surface area contributed by atoms with E-state index >= 15 is 0 Å². The van der Waals surface area contributed by atoms with Crippen molar-refractivity contribution in [3.05, 3.63) is 29.3 Å². The third kappa shape index (κ3) is 2.99. The summed E-state index contributed by atoms with van der Waals surface area (Å²) >= 11 is 0. The Morgan fingerprint density at radius 3 is 2.62 bits per heavy atom. The summed E-state index contributed by atoms with van der Waals surface area (Å²) in [7, 11) is 0. The largest absolute Gasteiger partial charge is 0.398 e. The maximum Gasteiger partial charge on any atom is 0.0349 e. The van der Waals surface area contributed by atoms with Crippen LogP contribution in [0, 0.1) is 6.92 Å². The molecule has 0 amide bonds. The van der Waals surface area contributed by atoms with Crippen molar-refractivity contribution in [1.29, 1.82) is 0 Å². The first-order valence-corrected chi connectivity index (χ1v) is 6.33. The van der Waals surface area contributed by atoms with Gasteiger partial charge in [0.15, 0.2) is 0 Å². The number of nitrogens with two attached hydrogens (primary N) is 1. The molecule has 0 aromatic heterocycles. The van der Waals surface area contributed by atoms with Gasteiger partial charge in [0.25, 0.3) is 0 Å². The van der Waals surface area contributed by atoms with Crippen LogP contribution in [0.2, 0.25) is 0 Å². The fourth-order valence-corrected chi connectivity index (χ4v) is 2.40. The number of benzene rings is 1. The molecule has 0 atom stereocenters. The van der Waals surface area contributed by atoms with Gasteiger partial charge in [-0.05, 0) is 56.5 Å². The minimum atomic E-state index is 0.956. The molecule has 2 N–H and O–H groups in total. The van der Waals surface area contributed by atoms with Gasteiger partial charge in [-0.2, -0.15) is 0 Å². The molecule has 0 spiro atoms. The number of rotatable bonds is 3. The Balaban J connectivity index is 1.88. The van der Waals surface area contributed by atoms with E-state index in [1.807, 2.05) is 0 Å². The van der Waals surface area contributed by atoms with Crippen LogP contribution in [0.5, 0.6) is 0 Å². The summed E-state index contributed by atoms with van der Waals surface area (Å²) in [6.07, 6.45) is 5.22. The molecular weight excluding hydrogens is 196 g/mol. The molecule has 0 saturated carbocycles. The van der Waals surface area contributed by atoms with Crippen LogP contribution in [0.4, 0.5) is 5.69 Å². The standard InChI is InChI=1S/C14H22N2/c1-12-5-6-13(14(15)11-12)7-10-16-8-3-2-4-9-16/h5-6,11H,2-4,7-10,15H2,1H3. The van der Waals surface area contributed by atoms with Crippen LogP contribution in [-0.2, 0) is 6.42 Å². The maximum absolute atomic E-state index is 6.02. The van der Waals surface area contributed by atoms with Gasteiger partial charge in [-0.3, -0.25) is 0 Å². The van der Waals surface area contributed by atoms with Crippen molar-refractivity contribution in [2.45, 2.75) is 32.6 Å². The number of aryl methyl sites for hydroxylation is 1. The predicted molar refractivity (Wildman–Crippen MR) is 69.6 cm³/mol. The Bertz CT molecular complexity index is 341. The van der Waals surface area contributed by atoms with E-state index in [1.54, 1.807) is 0 Å². The second-order valence-electron chi connectivity index (χ2n) is 4.85. The Kier molecular flexibility index (Phi) is 3.83.